The van der Waals surface area contributed by atoms with E-state index in [-0.39, 0.29) is 5.69 Å². The van der Waals surface area contributed by atoms with Crippen molar-refractivity contribution in [2.24, 2.45) is 0 Å². The summed E-state index contributed by atoms with van der Waals surface area (Å²) in [6.07, 6.45) is 1.38. The van der Waals surface area contributed by atoms with Crippen LogP contribution >= 0.6 is 11.6 Å². The van der Waals surface area contributed by atoms with E-state index in [0.29, 0.717) is 16.5 Å². The molecule has 88 valence electrons. The van der Waals surface area contributed by atoms with Crippen LogP contribution in [0.15, 0.2) is 30.5 Å². The second-order valence-corrected chi connectivity index (χ2v) is 3.81. The molecule has 0 saturated carbocycles. The second-order valence-electron chi connectivity index (χ2n) is 3.37. The zero-order chi connectivity index (χ0) is 12.4. The largest absolute Gasteiger partial charge is 0.396 e. The van der Waals surface area contributed by atoms with Crippen LogP contribution in [0.5, 0.6) is 0 Å². The molecule has 0 atom stereocenters. The van der Waals surface area contributed by atoms with Gasteiger partial charge in [-0.2, -0.15) is 0 Å². The molecule has 0 bridgehead atoms. The second kappa shape index (κ2) is 4.55. The summed E-state index contributed by atoms with van der Waals surface area (Å²) in [5.74, 6) is -1.07. The molecule has 3 nitrogen and oxygen atoms in total. The van der Waals surface area contributed by atoms with Gasteiger partial charge in [0.15, 0.2) is 5.82 Å². The SMILES string of the molecule is Nc1cc(Cl)cnc1Nc1cc(F)cc(F)c1. The first-order valence-corrected chi connectivity index (χ1v) is 5.06. The summed E-state index contributed by atoms with van der Waals surface area (Å²) < 4.78 is 25.9. The average molecular weight is 256 g/mol. The number of anilines is 3. The molecule has 0 spiro atoms. The molecule has 3 N–H and O–H groups in total. The fourth-order valence-electron chi connectivity index (χ4n) is 1.32. The van der Waals surface area contributed by atoms with E-state index < -0.39 is 11.6 Å². The highest BCUT2D eigenvalue weighted by atomic mass is 35.5. The Balaban J connectivity index is 2.31. The lowest BCUT2D eigenvalue weighted by Gasteiger charge is -2.08. The maximum absolute atomic E-state index is 12.9. The Hall–Kier alpha value is -1.88. The number of hydrogen-bond donors (Lipinski definition) is 2. The van der Waals surface area contributed by atoms with Gasteiger partial charge in [-0.25, -0.2) is 13.8 Å². The summed E-state index contributed by atoms with van der Waals surface area (Å²) in [5, 5.41) is 3.09. The topological polar surface area (TPSA) is 50.9 Å². The third-order valence-electron chi connectivity index (χ3n) is 2.01. The molecular formula is C11H8ClF2N3. The Bertz CT molecular complexity index is 540. The van der Waals surface area contributed by atoms with Gasteiger partial charge in [0, 0.05) is 18.0 Å². The monoisotopic (exact) mass is 255 g/mol. The lowest BCUT2D eigenvalue weighted by Crippen LogP contribution is -1.99. The first-order chi connectivity index (χ1) is 8.04. The predicted octanol–water partition coefficient (Wildman–Crippen LogP) is 3.34. The van der Waals surface area contributed by atoms with Crippen LogP contribution in [0.1, 0.15) is 0 Å². The van der Waals surface area contributed by atoms with Crippen molar-refractivity contribution in [3.63, 3.8) is 0 Å². The number of aromatic nitrogens is 1. The molecule has 0 amide bonds. The van der Waals surface area contributed by atoms with E-state index in [4.69, 9.17) is 17.3 Å². The third kappa shape index (κ3) is 2.82. The zero-order valence-corrected chi connectivity index (χ0v) is 9.30. The number of rotatable bonds is 2. The van der Waals surface area contributed by atoms with Gasteiger partial charge in [-0.3, -0.25) is 0 Å². The van der Waals surface area contributed by atoms with E-state index in [0.717, 1.165) is 18.2 Å². The molecule has 2 aromatic rings. The fourth-order valence-corrected chi connectivity index (χ4v) is 1.49. The lowest BCUT2D eigenvalue weighted by molar-refractivity contribution is 0.584. The maximum Gasteiger partial charge on any atom is 0.153 e. The molecule has 6 heteroatoms. The number of benzene rings is 1. The Morgan fingerprint density at radius 1 is 1.12 bits per heavy atom. The van der Waals surface area contributed by atoms with E-state index >= 15 is 0 Å². The molecular weight excluding hydrogens is 248 g/mol. The maximum atomic E-state index is 12.9. The van der Waals surface area contributed by atoms with Gasteiger partial charge >= 0.3 is 0 Å². The van der Waals surface area contributed by atoms with Crippen LogP contribution in [0.25, 0.3) is 0 Å². The summed E-state index contributed by atoms with van der Waals surface area (Å²) >= 11 is 5.68. The highest BCUT2D eigenvalue weighted by molar-refractivity contribution is 6.30. The van der Waals surface area contributed by atoms with Crippen molar-refractivity contribution in [3.05, 3.63) is 47.1 Å². The summed E-state index contributed by atoms with van der Waals surface area (Å²) in [7, 11) is 0. The van der Waals surface area contributed by atoms with Crippen LogP contribution in [-0.2, 0) is 0 Å². The van der Waals surface area contributed by atoms with Crippen LogP contribution in [0, 0.1) is 11.6 Å². The Kier molecular flexibility index (Phi) is 3.10. The number of nitrogens with one attached hydrogen (secondary N) is 1. The van der Waals surface area contributed by atoms with E-state index in [1.807, 2.05) is 0 Å². The van der Waals surface area contributed by atoms with Crippen molar-refractivity contribution >= 4 is 28.8 Å². The number of halogens is 3. The van der Waals surface area contributed by atoms with E-state index in [9.17, 15) is 8.78 Å². The molecule has 1 heterocycles. The standard InChI is InChI=1S/C11H8ClF2N3/c12-6-1-10(15)11(16-5-6)17-9-3-7(13)2-8(14)4-9/h1-5H,15H2,(H,16,17). The molecule has 0 fully saturated rings. The van der Waals surface area contributed by atoms with Crippen LogP contribution in [0.4, 0.5) is 26.0 Å². The van der Waals surface area contributed by atoms with Gasteiger partial charge in [0.2, 0.25) is 0 Å². The van der Waals surface area contributed by atoms with Gasteiger partial charge in [-0.1, -0.05) is 11.6 Å². The van der Waals surface area contributed by atoms with Crippen LogP contribution < -0.4 is 11.1 Å². The molecule has 1 aromatic heterocycles. The molecule has 0 aliphatic rings. The molecule has 0 radical (unpaired) electrons. The molecule has 2 rings (SSSR count). The molecule has 0 unspecified atom stereocenters. The average Bonchev–Trinajstić information content (AvgIpc) is 2.21. The van der Waals surface area contributed by atoms with Crippen LogP contribution in [0.3, 0.4) is 0 Å². The molecule has 17 heavy (non-hydrogen) atoms. The fraction of sp³-hybridized carbons (Fsp3) is 0. The van der Waals surface area contributed by atoms with E-state index in [1.54, 1.807) is 0 Å². The van der Waals surface area contributed by atoms with Crippen molar-refractivity contribution in [3.8, 4) is 0 Å². The first kappa shape index (κ1) is 11.6. The summed E-state index contributed by atoms with van der Waals surface area (Å²) in [6, 6.07) is 4.55. The molecule has 1 aromatic carbocycles. The number of nitrogens with zero attached hydrogens (tertiary/aromatic N) is 1. The van der Waals surface area contributed by atoms with E-state index in [2.05, 4.69) is 10.3 Å². The van der Waals surface area contributed by atoms with E-state index in [1.165, 1.54) is 12.3 Å². The Labute approximate surface area is 101 Å². The zero-order valence-electron chi connectivity index (χ0n) is 8.55. The molecule has 0 saturated heterocycles. The minimum absolute atomic E-state index is 0.226. The summed E-state index contributed by atoms with van der Waals surface area (Å²) in [5.41, 5.74) is 6.17. The number of hydrogen-bond acceptors (Lipinski definition) is 3. The first-order valence-electron chi connectivity index (χ1n) is 4.69. The molecule has 0 aliphatic heterocycles. The van der Waals surface area contributed by atoms with Crippen molar-refractivity contribution in [1.29, 1.82) is 0 Å². The minimum Gasteiger partial charge on any atom is -0.396 e. The van der Waals surface area contributed by atoms with Crippen molar-refractivity contribution < 1.29 is 8.78 Å². The summed E-state index contributed by atoms with van der Waals surface area (Å²) in [4.78, 5) is 3.92. The van der Waals surface area contributed by atoms with Gasteiger partial charge < -0.3 is 11.1 Å². The number of nitrogen functional groups attached to an aromatic ring is 1. The Morgan fingerprint density at radius 3 is 2.35 bits per heavy atom. The minimum atomic E-state index is -0.681. The van der Waals surface area contributed by atoms with Gasteiger partial charge in [0.05, 0.1) is 10.7 Å². The predicted molar refractivity (Wildman–Crippen MR) is 63.3 cm³/mol. The molecule has 0 aliphatic carbocycles. The van der Waals surface area contributed by atoms with Crippen LogP contribution in [0.2, 0.25) is 5.02 Å². The smallest absolute Gasteiger partial charge is 0.153 e. The highest BCUT2D eigenvalue weighted by Gasteiger charge is 2.05. The van der Waals surface area contributed by atoms with Crippen molar-refractivity contribution in [1.82, 2.24) is 4.98 Å². The lowest BCUT2D eigenvalue weighted by atomic mass is 10.3. The summed E-state index contributed by atoms with van der Waals surface area (Å²) in [6.45, 7) is 0. The van der Waals surface area contributed by atoms with Crippen molar-refractivity contribution in [2.45, 2.75) is 0 Å². The van der Waals surface area contributed by atoms with Gasteiger partial charge in [0.25, 0.3) is 0 Å². The quantitative estimate of drug-likeness (QED) is 0.865. The van der Waals surface area contributed by atoms with Gasteiger partial charge in [0.1, 0.15) is 11.6 Å². The highest BCUT2D eigenvalue weighted by Crippen LogP contribution is 2.24. The third-order valence-corrected chi connectivity index (χ3v) is 2.22. The van der Waals surface area contributed by atoms with Gasteiger partial charge in [-0.15, -0.1) is 0 Å². The van der Waals surface area contributed by atoms with Crippen LogP contribution in [-0.4, -0.2) is 4.98 Å². The Morgan fingerprint density at radius 2 is 1.76 bits per heavy atom. The van der Waals surface area contributed by atoms with Gasteiger partial charge in [-0.05, 0) is 18.2 Å². The van der Waals surface area contributed by atoms with Crippen molar-refractivity contribution in [2.75, 3.05) is 11.1 Å². The number of pyridine rings is 1. The normalized spacial score (nSPS) is 10.3. The number of nitrogens with two attached hydrogens (primary N) is 1.